The molecule has 1 aromatic carbocycles. The van der Waals surface area contributed by atoms with Gasteiger partial charge in [0.1, 0.15) is 17.2 Å². The van der Waals surface area contributed by atoms with Crippen molar-refractivity contribution in [2.45, 2.75) is 43.1 Å². The third-order valence-corrected chi connectivity index (χ3v) is 5.26. The summed E-state index contributed by atoms with van der Waals surface area (Å²) in [5.74, 6) is 1.74. The lowest BCUT2D eigenvalue weighted by Crippen LogP contribution is -2.03. The van der Waals surface area contributed by atoms with Gasteiger partial charge < -0.3 is 14.1 Å². The van der Waals surface area contributed by atoms with Gasteiger partial charge >= 0.3 is 5.63 Å². The van der Waals surface area contributed by atoms with Gasteiger partial charge in [0.25, 0.3) is 0 Å². The summed E-state index contributed by atoms with van der Waals surface area (Å²) in [7, 11) is 0. The van der Waals surface area contributed by atoms with Crippen LogP contribution in [0.25, 0.3) is 11.0 Å². The molecule has 2 aromatic heterocycles. The van der Waals surface area contributed by atoms with Crippen LogP contribution in [0.2, 0.25) is 0 Å². The average Bonchev–Trinajstić information content (AvgIpc) is 2.78. The van der Waals surface area contributed by atoms with Gasteiger partial charge in [0.2, 0.25) is 0 Å². The Bertz CT molecular complexity index is 948. The van der Waals surface area contributed by atoms with Crippen molar-refractivity contribution in [3.8, 4) is 5.75 Å². The number of phenols is 1. The minimum Gasteiger partial charge on any atom is -0.508 e. The Morgan fingerprint density at radius 1 is 1.21 bits per heavy atom. The molecule has 0 spiro atoms. The second-order valence-corrected chi connectivity index (χ2v) is 6.86. The zero-order valence-electron chi connectivity index (χ0n) is 13.1. The SMILES string of the molecule is O=c1cc(CSc2nnc3n2CCCCC3)c2ccc(O)cc2o1. The molecular formula is C17H17N3O3S. The zero-order chi connectivity index (χ0) is 16.5. The number of nitrogens with zero attached hydrogens (tertiary/aromatic N) is 3. The standard InChI is InChI=1S/C17H17N3O3S/c21-12-5-6-13-11(8-16(22)23-14(13)9-12)10-24-17-19-18-15-4-2-1-3-7-20(15)17/h5-6,8-9,21H,1-4,7,10H2. The molecule has 124 valence electrons. The van der Waals surface area contributed by atoms with Crippen LogP contribution in [0, 0.1) is 0 Å². The second-order valence-electron chi connectivity index (χ2n) is 5.92. The number of phenolic OH excluding ortho intramolecular Hbond substituents is 1. The molecule has 7 heteroatoms. The molecule has 1 aliphatic rings. The average molecular weight is 343 g/mol. The Hall–Kier alpha value is -2.28. The first kappa shape index (κ1) is 15.3. The molecule has 0 radical (unpaired) electrons. The van der Waals surface area contributed by atoms with Crippen LogP contribution in [0.5, 0.6) is 5.75 Å². The Morgan fingerprint density at radius 2 is 2.12 bits per heavy atom. The number of rotatable bonds is 3. The lowest BCUT2D eigenvalue weighted by atomic mass is 10.1. The van der Waals surface area contributed by atoms with Crippen molar-refractivity contribution < 1.29 is 9.52 Å². The zero-order valence-corrected chi connectivity index (χ0v) is 13.9. The maximum absolute atomic E-state index is 11.8. The van der Waals surface area contributed by atoms with Crippen molar-refractivity contribution in [2.75, 3.05) is 0 Å². The van der Waals surface area contributed by atoms with Gasteiger partial charge in [-0.05, 0) is 30.5 Å². The van der Waals surface area contributed by atoms with Crippen molar-refractivity contribution in [1.82, 2.24) is 14.8 Å². The van der Waals surface area contributed by atoms with Crippen LogP contribution >= 0.6 is 11.8 Å². The minimum atomic E-state index is -0.413. The number of benzene rings is 1. The summed E-state index contributed by atoms with van der Waals surface area (Å²) in [4.78, 5) is 11.8. The van der Waals surface area contributed by atoms with Gasteiger partial charge in [-0.25, -0.2) is 4.79 Å². The fourth-order valence-electron chi connectivity index (χ4n) is 3.05. The van der Waals surface area contributed by atoms with E-state index in [4.69, 9.17) is 4.42 Å². The molecule has 0 aliphatic carbocycles. The fraction of sp³-hybridized carbons (Fsp3) is 0.353. The van der Waals surface area contributed by atoms with E-state index in [9.17, 15) is 9.90 Å². The van der Waals surface area contributed by atoms with Crippen LogP contribution in [0.4, 0.5) is 0 Å². The summed E-state index contributed by atoms with van der Waals surface area (Å²) in [6.07, 6.45) is 4.51. The minimum absolute atomic E-state index is 0.0817. The molecule has 6 nitrogen and oxygen atoms in total. The number of hydrogen-bond acceptors (Lipinski definition) is 6. The number of hydrogen-bond donors (Lipinski definition) is 1. The van der Waals surface area contributed by atoms with Gasteiger partial charge in [0.05, 0.1) is 0 Å². The molecule has 1 N–H and O–H groups in total. The van der Waals surface area contributed by atoms with Crippen LogP contribution in [0.15, 0.2) is 38.6 Å². The molecule has 0 bridgehead atoms. The van der Waals surface area contributed by atoms with Crippen LogP contribution < -0.4 is 5.63 Å². The van der Waals surface area contributed by atoms with Crippen LogP contribution in [0.3, 0.4) is 0 Å². The van der Waals surface area contributed by atoms with E-state index >= 15 is 0 Å². The van der Waals surface area contributed by atoms with E-state index in [1.807, 2.05) is 0 Å². The Labute approximate surface area is 142 Å². The van der Waals surface area contributed by atoms with Crippen molar-refractivity contribution in [2.24, 2.45) is 0 Å². The summed E-state index contributed by atoms with van der Waals surface area (Å²) >= 11 is 1.58. The predicted octanol–water partition coefficient (Wildman–Crippen LogP) is 3.11. The summed E-state index contributed by atoms with van der Waals surface area (Å²) < 4.78 is 7.36. The van der Waals surface area contributed by atoms with E-state index < -0.39 is 5.63 Å². The Balaban J connectivity index is 1.64. The number of fused-ring (bicyclic) bond motifs is 2. The molecule has 1 aliphatic heterocycles. The summed E-state index contributed by atoms with van der Waals surface area (Å²) in [5, 5.41) is 19.9. The maximum Gasteiger partial charge on any atom is 0.336 e. The van der Waals surface area contributed by atoms with E-state index in [0.29, 0.717) is 11.3 Å². The highest BCUT2D eigenvalue weighted by Crippen LogP contribution is 2.28. The quantitative estimate of drug-likeness (QED) is 0.581. The van der Waals surface area contributed by atoms with Gasteiger partial charge in [-0.1, -0.05) is 18.2 Å². The van der Waals surface area contributed by atoms with Crippen molar-refractivity contribution >= 4 is 22.7 Å². The van der Waals surface area contributed by atoms with Gasteiger partial charge in [-0.3, -0.25) is 0 Å². The molecule has 0 unspecified atom stereocenters. The first-order chi connectivity index (χ1) is 11.7. The number of aromatic hydroxyl groups is 1. The van der Waals surface area contributed by atoms with Gasteiger partial charge in [-0.2, -0.15) is 0 Å². The lowest BCUT2D eigenvalue weighted by molar-refractivity contribution is 0.473. The number of thioether (sulfide) groups is 1. The summed E-state index contributed by atoms with van der Waals surface area (Å²) in [5.41, 5.74) is 0.860. The Morgan fingerprint density at radius 3 is 3.04 bits per heavy atom. The van der Waals surface area contributed by atoms with E-state index in [1.165, 1.54) is 18.6 Å². The fourth-order valence-corrected chi connectivity index (χ4v) is 4.02. The topological polar surface area (TPSA) is 81.2 Å². The van der Waals surface area contributed by atoms with E-state index in [1.54, 1.807) is 23.9 Å². The normalized spacial score (nSPS) is 14.5. The van der Waals surface area contributed by atoms with E-state index in [-0.39, 0.29) is 5.75 Å². The Kier molecular flexibility index (Phi) is 4.02. The third-order valence-electron chi connectivity index (χ3n) is 4.25. The monoisotopic (exact) mass is 343 g/mol. The highest BCUT2D eigenvalue weighted by atomic mass is 32.2. The van der Waals surface area contributed by atoms with Crippen molar-refractivity contribution in [1.29, 1.82) is 0 Å². The molecule has 0 saturated heterocycles. The molecular weight excluding hydrogens is 326 g/mol. The molecule has 0 atom stereocenters. The number of aryl methyl sites for hydroxylation is 1. The first-order valence-electron chi connectivity index (χ1n) is 8.01. The van der Waals surface area contributed by atoms with Gasteiger partial charge in [0.15, 0.2) is 5.16 Å². The van der Waals surface area contributed by atoms with Gasteiger partial charge in [0, 0.05) is 36.2 Å². The highest BCUT2D eigenvalue weighted by molar-refractivity contribution is 7.98. The van der Waals surface area contributed by atoms with Gasteiger partial charge in [-0.15, -0.1) is 10.2 Å². The van der Waals surface area contributed by atoms with Crippen LogP contribution in [0.1, 0.15) is 30.7 Å². The highest BCUT2D eigenvalue weighted by Gasteiger charge is 2.16. The molecule has 3 heterocycles. The smallest absolute Gasteiger partial charge is 0.336 e. The summed E-state index contributed by atoms with van der Waals surface area (Å²) in [6, 6.07) is 6.34. The lowest BCUT2D eigenvalue weighted by Gasteiger charge is -2.08. The van der Waals surface area contributed by atoms with E-state index in [0.717, 1.165) is 47.7 Å². The molecule has 3 aromatic rings. The third kappa shape index (κ3) is 2.91. The molecule has 0 saturated carbocycles. The molecule has 4 rings (SSSR count). The molecule has 0 amide bonds. The van der Waals surface area contributed by atoms with Crippen molar-refractivity contribution in [3.05, 3.63) is 46.1 Å². The maximum atomic E-state index is 11.8. The first-order valence-corrected chi connectivity index (χ1v) is 9.00. The molecule has 0 fully saturated rings. The second kappa shape index (κ2) is 6.32. The number of aromatic nitrogens is 3. The van der Waals surface area contributed by atoms with E-state index in [2.05, 4.69) is 14.8 Å². The molecule has 24 heavy (non-hydrogen) atoms. The van der Waals surface area contributed by atoms with Crippen molar-refractivity contribution in [3.63, 3.8) is 0 Å². The summed E-state index contributed by atoms with van der Waals surface area (Å²) in [6.45, 7) is 0.955. The predicted molar refractivity (Wildman–Crippen MR) is 91.3 cm³/mol. The largest absolute Gasteiger partial charge is 0.508 e. The van der Waals surface area contributed by atoms with Crippen LogP contribution in [-0.4, -0.2) is 19.9 Å². The van der Waals surface area contributed by atoms with Crippen LogP contribution in [-0.2, 0) is 18.7 Å².